The Morgan fingerprint density at radius 1 is 1.17 bits per heavy atom. The van der Waals surface area contributed by atoms with Crippen LogP contribution in [-0.2, 0) is 16.4 Å². The number of aromatic amines is 1. The van der Waals surface area contributed by atoms with Gasteiger partial charge in [-0.15, -0.1) is 11.3 Å². The van der Waals surface area contributed by atoms with Gasteiger partial charge >= 0.3 is 0 Å². The number of sulfonamides is 1. The number of fused-ring (bicyclic) bond motifs is 2. The predicted octanol–water partition coefficient (Wildman–Crippen LogP) is 2.78. The van der Waals surface area contributed by atoms with E-state index in [4.69, 9.17) is 11.6 Å². The number of nitrogens with zero attached hydrogens (tertiary/aromatic N) is 3. The minimum atomic E-state index is -3.68. The zero-order chi connectivity index (χ0) is 20.9. The molecule has 158 valence electrons. The summed E-state index contributed by atoms with van der Waals surface area (Å²) in [6, 6.07) is 6.80. The first-order valence-electron chi connectivity index (χ1n) is 9.73. The average molecular weight is 466 g/mol. The van der Waals surface area contributed by atoms with E-state index in [-0.39, 0.29) is 24.0 Å². The fourth-order valence-corrected chi connectivity index (χ4v) is 6.49. The predicted molar refractivity (Wildman–Crippen MR) is 117 cm³/mol. The third kappa shape index (κ3) is 3.47. The average Bonchev–Trinajstić information content (AvgIpc) is 3.37. The van der Waals surface area contributed by atoms with Gasteiger partial charge in [0.1, 0.15) is 10.8 Å². The summed E-state index contributed by atoms with van der Waals surface area (Å²) in [5.74, 6) is 0.684. The molecule has 4 heterocycles. The monoisotopic (exact) mass is 465 g/mol. The van der Waals surface area contributed by atoms with Crippen molar-refractivity contribution in [1.29, 1.82) is 0 Å². The quantitative estimate of drug-likeness (QED) is 0.619. The lowest BCUT2D eigenvalue weighted by atomic mass is 10.2. The highest BCUT2D eigenvalue weighted by Gasteiger charge is 2.32. The summed E-state index contributed by atoms with van der Waals surface area (Å²) in [7, 11) is -3.68. The minimum absolute atomic E-state index is 0.131. The van der Waals surface area contributed by atoms with E-state index < -0.39 is 10.0 Å². The number of piperazine rings is 1. The molecule has 0 spiro atoms. The number of aromatic nitrogens is 2. The summed E-state index contributed by atoms with van der Waals surface area (Å²) < 4.78 is 27.5. The number of anilines is 1. The molecule has 1 aromatic carbocycles. The van der Waals surface area contributed by atoms with Gasteiger partial charge < -0.3 is 15.2 Å². The molecular formula is C19H20ClN5O3S2. The normalized spacial score (nSPS) is 17.7. The molecule has 1 saturated heterocycles. The second-order valence-corrected chi connectivity index (χ2v) is 10.8. The fourth-order valence-electron chi connectivity index (χ4n) is 3.83. The first-order valence-corrected chi connectivity index (χ1v) is 12.4. The highest BCUT2D eigenvalue weighted by atomic mass is 35.5. The van der Waals surface area contributed by atoms with Gasteiger partial charge in [-0.25, -0.2) is 13.4 Å². The molecule has 2 aliphatic rings. The topological polar surface area (TPSA) is 98.4 Å². The summed E-state index contributed by atoms with van der Waals surface area (Å²) in [5, 5.41) is 5.14. The molecule has 0 atom stereocenters. The Kier molecular flexibility index (Phi) is 4.97. The van der Waals surface area contributed by atoms with E-state index in [1.807, 2.05) is 0 Å². The van der Waals surface area contributed by atoms with Crippen molar-refractivity contribution in [1.82, 2.24) is 19.2 Å². The number of nitrogens with one attached hydrogen (secondary N) is 2. The fraction of sp³-hybridized carbons (Fsp3) is 0.368. The van der Waals surface area contributed by atoms with Crippen LogP contribution in [0.25, 0.3) is 10.9 Å². The minimum Gasteiger partial charge on any atom is -0.369 e. The summed E-state index contributed by atoms with van der Waals surface area (Å²) >= 11 is 7.43. The van der Waals surface area contributed by atoms with Crippen LogP contribution >= 0.6 is 22.9 Å². The number of H-pyrrole nitrogens is 1. The van der Waals surface area contributed by atoms with E-state index in [0.29, 0.717) is 28.6 Å². The Hall–Kier alpha value is -2.14. The standard InChI is InChI=1S/C19H20ClN5O3S2/c20-13-3-4-14-12(10-13)11-16(22-14)30(27,28)25-8-6-24(7-9-25)19(26)18-23-17-15(29-18)2-1-5-21-17/h3-4,10-11,21-22H,1-2,5-9H2. The second-order valence-electron chi connectivity index (χ2n) is 7.38. The molecule has 30 heavy (non-hydrogen) atoms. The number of carbonyl (C=O) groups is 1. The van der Waals surface area contributed by atoms with Gasteiger partial charge in [0.15, 0.2) is 5.01 Å². The Labute approximate surface area is 182 Å². The maximum Gasteiger partial charge on any atom is 0.283 e. The van der Waals surface area contributed by atoms with E-state index in [1.165, 1.54) is 15.6 Å². The number of carbonyl (C=O) groups excluding carboxylic acids is 1. The largest absolute Gasteiger partial charge is 0.369 e. The highest BCUT2D eigenvalue weighted by Crippen LogP contribution is 2.29. The lowest BCUT2D eigenvalue weighted by Crippen LogP contribution is -2.50. The van der Waals surface area contributed by atoms with Crippen molar-refractivity contribution in [2.45, 2.75) is 17.9 Å². The third-order valence-electron chi connectivity index (χ3n) is 5.46. The molecule has 2 N–H and O–H groups in total. The molecule has 0 saturated carbocycles. The number of hydrogen-bond donors (Lipinski definition) is 2. The first kappa shape index (κ1) is 19.8. The zero-order valence-electron chi connectivity index (χ0n) is 16.0. The molecule has 2 aliphatic heterocycles. The first-order chi connectivity index (χ1) is 14.4. The van der Waals surface area contributed by atoms with Crippen molar-refractivity contribution in [3.8, 4) is 0 Å². The number of halogens is 1. The molecule has 0 unspecified atom stereocenters. The van der Waals surface area contributed by atoms with Crippen molar-refractivity contribution < 1.29 is 13.2 Å². The maximum atomic E-state index is 13.1. The van der Waals surface area contributed by atoms with Gasteiger partial charge in [-0.1, -0.05) is 11.6 Å². The number of aryl methyl sites for hydroxylation is 1. The molecule has 8 nitrogen and oxygen atoms in total. The number of amides is 1. The number of thiazole rings is 1. The van der Waals surface area contributed by atoms with E-state index in [9.17, 15) is 13.2 Å². The molecule has 1 amide bonds. The molecule has 3 aromatic rings. The Morgan fingerprint density at radius 2 is 1.97 bits per heavy atom. The van der Waals surface area contributed by atoms with Crippen LogP contribution in [-0.4, -0.2) is 66.2 Å². The zero-order valence-corrected chi connectivity index (χ0v) is 18.4. The Balaban J connectivity index is 1.29. The van der Waals surface area contributed by atoms with E-state index >= 15 is 0 Å². The van der Waals surface area contributed by atoms with Crippen molar-refractivity contribution in [3.05, 3.63) is 39.2 Å². The van der Waals surface area contributed by atoms with Crippen LogP contribution in [0.2, 0.25) is 5.02 Å². The molecule has 5 rings (SSSR count). The van der Waals surface area contributed by atoms with Crippen molar-refractivity contribution >= 4 is 55.6 Å². The molecular weight excluding hydrogens is 446 g/mol. The lowest BCUT2D eigenvalue weighted by molar-refractivity contribution is 0.0697. The van der Waals surface area contributed by atoms with Crippen molar-refractivity contribution in [3.63, 3.8) is 0 Å². The van der Waals surface area contributed by atoms with Crippen LogP contribution in [0.5, 0.6) is 0 Å². The van der Waals surface area contributed by atoms with Gasteiger partial charge in [-0.2, -0.15) is 4.31 Å². The Morgan fingerprint density at radius 3 is 2.73 bits per heavy atom. The van der Waals surface area contributed by atoms with Gasteiger partial charge in [0.25, 0.3) is 15.9 Å². The van der Waals surface area contributed by atoms with Crippen LogP contribution in [0.15, 0.2) is 29.3 Å². The lowest BCUT2D eigenvalue weighted by Gasteiger charge is -2.33. The smallest absolute Gasteiger partial charge is 0.283 e. The van der Waals surface area contributed by atoms with Crippen LogP contribution in [0.4, 0.5) is 5.82 Å². The third-order valence-corrected chi connectivity index (χ3v) is 8.61. The van der Waals surface area contributed by atoms with Crippen LogP contribution in [0, 0.1) is 0 Å². The van der Waals surface area contributed by atoms with E-state index in [1.54, 1.807) is 29.2 Å². The van der Waals surface area contributed by atoms with Gasteiger partial charge in [-0.05, 0) is 37.1 Å². The van der Waals surface area contributed by atoms with Crippen LogP contribution in [0.1, 0.15) is 21.1 Å². The highest BCUT2D eigenvalue weighted by molar-refractivity contribution is 7.89. The number of benzene rings is 1. The van der Waals surface area contributed by atoms with Crippen molar-refractivity contribution in [2.24, 2.45) is 0 Å². The van der Waals surface area contributed by atoms with Gasteiger partial charge in [0.05, 0.1) is 0 Å². The van der Waals surface area contributed by atoms with Gasteiger partial charge in [0, 0.05) is 53.5 Å². The van der Waals surface area contributed by atoms with Gasteiger partial charge in [-0.3, -0.25) is 4.79 Å². The summed E-state index contributed by atoms with van der Waals surface area (Å²) in [4.78, 5) is 23.1. The number of rotatable bonds is 3. The molecule has 0 bridgehead atoms. The molecule has 0 radical (unpaired) electrons. The molecule has 1 fully saturated rings. The summed E-state index contributed by atoms with van der Waals surface area (Å²) in [5.41, 5.74) is 0.716. The summed E-state index contributed by atoms with van der Waals surface area (Å²) in [6.07, 6.45) is 1.98. The second kappa shape index (κ2) is 7.52. The maximum absolute atomic E-state index is 13.1. The number of hydrogen-bond acceptors (Lipinski definition) is 6. The van der Waals surface area contributed by atoms with Gasteiger partial charge in [0.2, 0.25) is 0 Å². The molecule has 0 aliphatic carbocycles. The van der Waals surface area contributed by atoms with Crippen molar-refractivity contribution in [2.75, 3.05) is 38.0 Å². The summed E-state index contributed by atoms with van der Waals surface area (Å²) in [6.45, 7) is 2.03. The van der Waals surface area contributed by atoms with E-state index in [2.05, 4.69) is 15.3 Å². The SMILES string of the molecule is O=C(c1nc2c(s1)CCCN2)N1CCN(S(=O)(=O)c2cc3cc(Cl)ccc3[nH]2)CC1. The molecule has 2 aromatic heterocycles. The Bertz CT molecular complexity index is 1200. The van der Waals surface area contributed by atoms with E-state index in [0.717, 1.165) is 35.5 Å². The van der Waals surface area contributed by atoms with Crippen LogP contribution in [0.3, 0.4) is 0 Å². The molecule has 11 heteroatoms. The van der Waals surface area contributed by atoms with Crippen LogP contribution < -0.4 is 5.32 Å².